The summed E-state index contributed by atoms with van der Waals surface area (Å²) in [6.07, 6.45) is 0. The minimum atomic E-state index is -1.32. The average Bonchev–Trinajstić information content (AvgIpc) is 1.38. The largest absolute Gasteiger partial charge is 0.310 e. The third-order valence-corrected chi connectivity index (χ3v) is 28.1. The molecule has 0 N–H and O–H groups in total. The van der Waals surface area contributed by atoms with E-state index < -0.39 is 120 Å². The van der Waals surface area contributed by atoms with E-state index in [1.807, 2.05) is 36.4 Å². The van der Waals surface area contributed by atoms with Crippen LogP contribution in [0.2, 0.25) is 0 Å². The van der Waals surface area contributed by atoms with Crippen molar-refractivity contribution in [3.05, 3.63) is 417 Å². The van der Waals surface area contributed by atoms with E-state index in [9.17, 15) is 24.7 Å². The lowest BCUT2D eigenvalue weighted by Crippen LogP contribution is -2.61. The summed E-state index contributed by atoms with van der Waals surface area (Å²) < 4.78 is 198. The zero-order chi connectivity index (χ0) is 105. The highest BCUT2D eigenvalue weighted by molar-refractivity contribution is 7.00. The molecule has 0 aliphatic carbocycles. The van der Waals surface area contributed by atoms with E-state index in [-0.39, 0.29) is 100 Å². The second kappa shape index (κ2) is 28.3. The smallest absolute Gasteiger partial charge is 0.252 e. The number of benzene rings is 19. The van der Waals surface area contributed by atoms with E-state index in [2.05, 4.69) is 263 Å². The van der Waals surface area contributed by atoms with Crippen LogP contribution in [-0.4, -0.2) is 24.6 Å². The predicted molar refractivity (Wildman–Crippen MR) is 567 cm³/mol. The summed E-state index contributed by atoms with van der Waals surface area (Å²) in [6.45, 7) is 18.2. The first-order valence-corrected chi connectivity index (χ1v) is 45.5. The minimum absolute atomic E-state index is 0.0189. The van der Waals surface area contributed by atoms with Gasteiger partial charge < -0.3 is 27.7 Å². The Morgan fingerprint density at radius 1 is 0.233 bits per heavy atom. The molecule has 0 bridgehead atoms. The fraction of sp³-hybridized carbons (Fsp3) is 0.0952. The molecule has 6 nitrogen and oxygen atoms in total. The van der Waals surface area contributed by atoms with Gasteiger partial charge in [-0.1, -0.05) is 317 Å². The lowest BCUT2D eigenvalue weighted by atomic mass is 9.33. The van der Waals surface area contributed by atoms with Gasteiger partial charge >= 0.3 is 0 Å². The second-order valence-electron chi connectivity index (χ2n) is 38.9. The molecular weight excluding hydrogens is 1610 g/mol. The summed E-state index contributed by atoms with van der Waals surface area (Å²) in [6, 6.07) is 88.3. The number of anilines is 6. The molecule has 27 rings (SSSR count). The maximum absolute atomic E-state index is 12.4. The van der Waals surface area contributed by atoms with Crippen LogP contribution < -0.4 is 26.2 Å². The van der Waals surface area contributed by atoms with Crippen LogP contribution in [0.5, 0.6) is 0 Å². The highest BCUT2D eigenvalue weighted by Gasteiger charge is 2.47. The highest BCUT2D eigenvalue weighted by atomic mass is 15.2. The van der Waals surface area contributed by atoms with E-state index in [4.69, 9.17) is 0 Å². The zero-order valence-corrected chi connectivity index (χ0v) is 74.5. The number of rotatable bonds is 10. The maximum atomic E-state index is 12.4. The molecule has 8 heterocycles. The van der Waals surface area contributed by atoms with E-state index in [0.29, 0.717) is 61.6 Å². The van der Waals surface area contributed by atoms with E-state index in [1.165, 1.54) is 9.13 Å². The zero-order valence-electron chi connectivity index (χ0n) is 92.5. The second-order valence-corrected chi connectivity index (χ2v) is 38.9. The van der Waals surface area contributed by atoms with Crippen LogP contribution in [-0.2, 0) is 16.2 Å². The summed E-state index contributed by atoms with van der Waals surface area (Å²) in [5, 5.41) is 7.30. The lowest BCUT2D eigenvalue weighted by molar-refractivity contribution is 0.590. The SMILES string of the molecule is [2H]c1cc2c(c([2H])c1-n1c3c([2H])c([2H])c([2H])c([2H])c3c3c([2H])c(-c4ccccc4)c([2H])c([2H])c31)N(c1c(-c3ccccc3)cc(C(C)(C)C)cc1-c1cc3c4ccccc4n4c5ccccc5c(c1)c34)c1cc(C(C)(C)C)cc3c1B2c1cc([2H])c(-n2c4c([2H])c([2H])c([2H])c([2H])c4c4c([2H])c(-c5ccccc5)c([2H])c([2H])c42)c([2H])c1N3c1c(-c2ccccc2)cc(C(C)(C)C)cc1-c1cc2c3ccccc3n3c4ccccc4c(c1)c23. The van der Waals surface area contributed by atoms with Gasteiger partial charge in [-0.25, -0.2) is 0 Å². The molecule has 0 radical (unpaired) electrons. The van der Waals surface area contributed by atoms with Crippen LogP contribution in [0.3, 0.4) is 0 Å². The van der Waals surface area contributed by atoms with Crippen LogP contribution >= 0.6 is 0 Å². The molecule has 0 saturated heterocycles. The third kappa shape index (κ3) is 11.4. The Bertz CT molecular complexity index is 9650. The van der Waals surface area contributed by atoms with Crippen LogP contribution in [0.4, 0.5) is 34.1 Å². The Kier molecular flexibility index (Phi) is 12.9. The summed E-state index contributed by atoms with van der Waals surface area (Å²) in [7, 11) is 0. The Balaban J connectivity index is 0.880. The van der Waals surface area contributed by atoms with Crippen molar-refractivity contribution in [1.29, 1.82) is 0 Å². The van der Waals surface area contributed by atoms with Crippen molar-refractivity contribution in [1.82, 2.24) is 17.9 Å². The first-order valence-electron chi connectivity index (χ1n) is 54.5. The quantitative estimate of drug-likeness (QED) is 0.128. The topological polar surface area (TPSA) is 25.2 Å². The number of para-hydroxylation sites is 6. The third-order valence-electron chi connectivity index (χ3n) is 28.1. The molecule has 0 saturated carbocycles. The van der Waals surface area contributed by atoms with Gasteiger partial charge in [0, 0.05) is 121 Å². The van der Waals surface area contributed by atoms with Gasteiger partial charge in [0.1, 0.15) is 0 Å². The van der Waals surface area contributed by atoms with Crippen LogP contribution in [0.25, 0.3) is 198 Å². The van der Waals surface area contributed by atoms with Crippen molar-refractivity contribution in [3.63, 3.8) is 0 Å². The predicted octanol–water partition coefficient (Wildman–Crippen LogP) is 32.2. The molecule has 0 atom stereocenters. The first-order chi connectivity index (χ1) is 72.4. The molecule has 630 valence electrons. The van der Waals surface area contributed by atoms with Gasteiger partial charge in [-0.05, 0) is 239 Å². The van der Waals surface area contributed by atoms with E-state index in [0.717, 1.165) is 115 Å². The Morgan fingerprint density at radius 2 is 0.541 bits per heavy atom. The molecule has 6 aromatic heterocycles. The number of hydrogen-bond acceptors (Lipinski definition) is 2. The summed E-state index contributed by atoms with van der Waals surface area (Å²) in [5.74, 6) is 0. The maximum Gasteiger partial charge on any atom is 0.252 e. The fourth-order valence-electron chi connectivity index (χ4n) is 21.7. The van der Waals surface area contributed by atoms with Crippen molar-refractivity contribution in [2.24, 2.45) is 0 Å². The molecule has 19 aromatic carbocycles. The van der Waals surface area contributed by atoms with Crippen molar-refractivity contribution >= 4 is 177 Å². The Morgan fingerprint density at radius 3 is 0.895 bits per heavy atom. The molecule has 7 heteroatoms. The van der Waals surface area contributed by atoms with Gasteiger partial charge in [0.25, 0.3) is 6.71 Å². The summed E-state index contributed by atoms with van der Waals surface area (Å²) in [5.41, 5.74) is 15.1. The normalized spacial score (nSPS) is 15.0. The molecule has 0 amide bonds. The monoisotopic (exact) mass is 1720 g/mol. The van der Waals surface area contributed by atoms with E-state index >= 15 is 0 Å². The summed E-state index contributed by atoms with van der Waals surface area (Å²) >= 11 is 0. The van der Waals surface area contributed by atoms with Crippen molar-refractivity contribution in [3.8, 4) is 78.1 Å². The van der Waals surface area contributed by atoms with Crippen LogP contribution in [0.15, 0.2) is 400 Å². The molecule has 25 aromatic rings. The van der Waals surface area contributed by atoms with Crippen molar-refractivity contribution in [2.45, 2.75) is 78.6 Å². The van der Waals surface area contributed by atoms with Crippen molar-refractivity contribution < 1.29 is 24.7 Å². The lowest BCUT2D eigenvalue weighted by Gasteiger charge is -2.47. The van der Waals surface area contributed by atoms with Crippen molar-refractivity contribution in [2.75, 3.05) is 9.80 Å². The van der Waals surface area contributed by atoms with Gasteiger partial charge in [0.15, 0.2) is 0 Å². The van der Waals surface area contributed by atoms with Gasteiger partial charge in [0.2, 0.25) is 0 Å². The molecule has 0 unspecified atom stereocenters. The molecular formula is C126H93BN6. The van der Waals surface area contributed by atoms with E-state index in [1.54, 1.807) is 72.8 Å². The molecule has 2 aliphatic rings. The van der Waals surface area contributed by atoms with Gasteiger partial charge in [0.05, 0.1) is 91.2 Å². The fourth-order valence-corrected chi connectivity index (χ4v) is 21.7. The number of aromatic nitrogens is 4. The van der Waals surface area contributed by atoms with Gasteiger partial charge in [-0.3, -0.25) is 0 Å². The van der Waals surface area contributed by atoms with Crippen LogP contribution in [0.1, 0.15) is 104 Å². The molecule has 0 fully saturated rings. The highest BCUT2D eigenvalue weighted by Crippen LogP contribution is 2.58. The summed E-state index contributed by atoms with van der Waals surface area (Å²) in [4.78, 5) is 4.32. The number of hydrogen-bond donors (Lipinski definition) is 0. The Labute approximate surface area is 798 Å². The average molecular weight is 1720 g/mol. The molecule has 0 spiro atoms. The Hall–Kier alpha value is -16.0. The first kappa shape index (κ1) is 60.8. The number of fused-ring (bicyclic) bond motifs is 22. The standard InChI is InChI=1S/C126H93BN6/c1-124(2,3)84-68-95(78-38-18-12-19-39-78)120(97(70-84)82-64-101-91-44-24-30-50-109(91)130-110-51-31-25-45-92(110)102(65-82)122(101)130)132-115-74-87(128-107-48-28-22-42-89(107)99-62-80(54-60-113(99)128)76-34-14-10-15-35-76)56-58-105(115)127-106-59-57-88(129-108-49-29-23-43-90(108)100-63-81(55-61-114(100)129)77-36-16-11-17-37-77)75-116(106)133(118-73-86(126(7,8)9)72-117(132)119(118)127)121-96(79-40-20-13-21-41-79)69-85(125(4,5)6)71-98(121)83-66-103-93-46-26-32-52-111(93)131-112-53-33-27-47-94(112)104(67-83)123(103)131/h10-75H,1-9H3/i22D,23D,28D,29D,42D,43D,48D,49D,54D,55D,56D,57D,60D,61D,62D,63D,74D,75D. The van der Waals surface area contributed by atoms with Crippen LogP contribution in [0, 0.1) is 0 Å². The minimum Gasteiger partial charge on any atom is -0.310 e. The molecule has 133 heavy (non-hydrogen) atoms. The molecule has 2 aliphatic heterocycles. The van der Waals surface area contributed by atoms with Gasteiger partial charge in [-0.15, -0.1) is 0 Å². The van der Waals surface area contributed by atoms with Gasteiger partial charge in [-0.2, -0.15) is 0 Å². The number of nitrogens with zero attached hydrogens (tertiary/aromatic N) is 6.